The summed E-state index contributed by atoms with van der Waals surface area (Å²) in [4.78, 5) is 2.37. The molecule has 0 aromatic carbocycles. The first-order valence-electron chi connectivity index (χ1n) is 7.34. The summed E-state index contributed by atoms with van der Waals surface area (Å²) in [7, 11) is 0. The van der Waals surface area contributed by atoms with Crippen LogP contribution in [0.15, 0.2) is 0 Å². The zero-order chi connectivity index (χ0) is 15.2. The molecule has 1 heterocycles. The van der Waals surface area contributed by atoms with Gasteiger partial charge in [-0.25, -0.2) is 0 Å². The van der Waals surface area contributed by atoms with Crippen molar-refractivity contribution in [3.05, 3.63) is 0 Å². The minimum Gasteiger partial charge on any atom is -0.379 e. The van der Waals surface area contributed by atoms with Gasteiger partial charge in [0.2, 0.25) is 0 Å². The van der Waals surface area contributed by atoms with Gasteiger partial charge in [0, 0.05) is 37.6 Å². The zero-order valence-electron chi connectivity index (χ0n) is 12.7. The second kappa shape index (κ2) is 7.61. The molecule has 0 aromatic heterocycles. The molecule has 120 valence electrons. The van der Waals surface area contributed by atoms with Gasteiger partial charge in [-0.05, 0) is 33.6 Å². The maximum atomic E-state index is 12.1. The first-order chi connectivity index (χ1) is 9.21. The van der Waals surface area contributed by atoms with Gasteiger partial charge < -0.3 is 10.1 Å². The average Bonchev–Trinajstić information content (AvgIpc) is 2.36. The molecule has 0 aromatic rings. The molecule has 1 saturated heterocycles. The van der Waals surface area contributed by atoms with Crippen molar-refractivity contribution in [2.75, 3.05) is 32.8 Å². The van der Waals surface area contributed by atoms with Crippen LogP contribution in [0.5, 0.6) is 0 Å². The summed E-state index contributed by atoms with van der Waals surface area (Å²) in [5, 5.41) is 3.36. The van der Waals surface area contributed by atoms with E-state index in [9.17, 15) is 13.2 Å². The average molecular weight is 296 g/mol. The number of rotatable bonds is 7. The Kier molecular flexibility index (Phi) is 6.75. The van der Waals surface area contributed by atoms with E-state index in [0.29, 0.717) is 6.42 Å². The fourth-order valence-electron chi connectivity index (χ4n) is 2.42. The number of hydrogen-bond donors (Lipinski definition) is 1. The Morgan fingerprint density at radius 2 is 1.80 bits per heavy atom. The van der Waals surface area contributed by atoms with Gasteiger partial charge in [0.25, 0.3) is 0 Å². The van der Waals surface area contributed by atoms with E-state index < -0.39 is 12.6 Å². The molecule has 0 spiro atoms. The first kappa shape index (κ1) is 17.7. The van der Waals surface area contributed by atoms with Crippen LogP contribution in [0.1, 0.15) is 40.0 Å². The van der Waals surface area contributed by atoms with Crippen LogP contribution in [0.4, 0.5) is 13.2 Å². The molecule has 1 unspecified atom stereocenters. The van der Waals surface area contributed by atoms with E-state index >= 15 is 0 Å². The molecule has 20 heavy (non-hydrogen) atoms. The third-order valence-electron chi connectivity index (χ3n) is 3.85. The molecule has 1 N–H and O–H groups in total. The van der Waals surface area contributed by atoms with E-state index in [0.717, 1.165) is 32.8 Å². The van der Waals surface area contributed by atoms with Crippen LogP contribution in [0.3, 0.4) is 0 Å². The standard InChI is InChI=1S/C14H27F3N2O/c1-12(5-4-6-14(15,16)17)18-11-13(2,3)19-7-9-20-10-8-19/h12,18H,4-11H2,1-3H3. The van der Waals surface area contributed by atoms with Crippen LogP contribution in [-0.2, 0) is 4.74 Å². The minimum absolute atomic E-state index is 0.00205. The highest BCUT2D eigenvalue weighted by Crippen LogP contribution is 2.23. The van der Waals surface area contributed by atoms with E-state index in [4.69, 9.17) is 4.74 Å². The van der Waals surface area contributed by atoms with Crippen molar-refractivity contribution < 1.29 is 17.9 Å². The van der Waals surface area contributed by atoms with Crippen molar-refractivity contribution in [1.82, 2.24) is 10.2 Å². The number of halogens is 3. The van der Waals surface area contributed by atoms with Gasteiger partial charge in [0.1, 0.15) is 0 Å². The molecular weight excluding hydrogens is 269 g/mol. The molecule has 0 bridgehead atoms. The summed E-state index contributed by atoms with van der Waals surface area (Å²) in [6.45, 7) is 10.4. The van der Waals surface area contributed by atoms with Gasteiger partial charge in [-0.15, -0.1) is 0 Å². The number of morpholine rings is 1. The van der Waals surface area contributed by atoms with Crippen molar-refractivity contribution in [3.63, 3.8) is 0 Å². The Morgan fingerprint density at radius 3 is 2.35 bits per heavy atom. The number of alkyl halides is 3. The molecule has 1 rings (SSSR count). The maximum absolute atomic E-state index is 12.1. The van der Waals surface area contributed by atoms with Crippen LogP contribution in [0, 0.1) is 0 Å². The monoisotopic (exact) mass is 296 g/mol. The lowest BCUT2D eigenvalue weighted by Gasteiger charge is -2.41. The lowest BCUT2D eigenvalue weighted by atomic mass is 10.0. The van der Waals surface area contributed by atoms with Crippen molar-refractivity contribution in [2.45, 2.75) is 57.8 Å². The van der Waals surface area contributed by atoms with Gasteiger partial charge in [0.15, 0.2) is 0 Å². The minimum atomic E-state index is -4.03. The van der Waals surface area contributed by atoms with Gasteiger partial charge >= 0.3 is 6.18 Å². The smallest absolute Gasteiger partial charge is 0.379 e. The molecule has 3 nitrogen and oxygen atoms in total. The molecule has 1 fully saturated rings. The van der Waals surface area contributed by atoms with Crippen LogP contribution in [0.25, 0.3) is 0 Å². The van der Waals surface area contributed by atoms with Crippen molar-refractivity contribution in [2.24, 2.45) is 0 Å². The summed E-state index contributed by atoms with van der Waals surface area (Å²) in [6.07, 6.45) is -3.98. The third kappa shape index (κ3) is 6.90. The molecule has 1 aliphatic heterocycles. The van der Waals surface area contributed by atoms with E-state index in [1.54, 1.807) is 0 Å². The summed E-state index contributed by atoms with van der Waals surface area (Å²) in [6, 6.07) is 0.109. The third-order valence-corrected chi connectivity index (χ3v) is 3.85. The largest absolute Gasteiger partial charge is 0.389 e. The van der Waals surface area contributed by atoms with E-state index in [1.807, 2.05) is 6.92 Å². The summed E-state index contributed by atoms with van der Waals surface area (Å²) >= 11 is 0. The van der Waals surface area contributed by atoms with Crippen LogP contribution < -0.4 is 5.32 Å². The number of nitrogens with zero attached hydrogens (tertiary/aromatic N) is 1. The molecule has 0 aliphatic carbocycles. The van der Waals surface area contributed by atoms with Crippen molar-refractivity contribution in [1.29, 1.82) is 0 Å². The van der Waals surface area contributed by atoms with Crippen LogP contribution in [-0.4, -0.2) is 55.5 Å². The molecule has 6 heteroatoms. The summed E-state index contributed by atoms with van der Waals surface area (Å²) in [5.74, 6) is 0. The molecule has 1 aliphatic rings. The highest BCUT2D eigenvalue weighted by molar-refractivity contribution is 4.86. The van der Waals surface area contributed by atoms with Gasteiger partial charge in [-0.2, -0.15) is 13.2 Å². The van der Waals surface area contributed by atoms with Crippen LogP contribution >= 0.6 is 0 Å². The second-order valence-electron chi connectivity index (χ2n) is 6.20. The molecule has 1 atom stereocenters. The first-order valence-corrected chi connectivity index (χ1v) is 7.34. The fraction of sp³-hybridized carbons (Fsp3) is 1.00. The molecule has 0 amide bonds. The van der Waals surface area contributed by atoms with Gasteiger partial charge in [-0.1, -0.05) is 0 Å². The van der Waals surface area contributed by atoms with Crippen LogP contribution in [0.2, 0.25) is 0 Å². The van der Waals surface area contributed by atoms with Crippen molar-refractivity contribution in [3.8, 4) is 0 Å². The topological polar surface area (TPSA) is 24.5 Å². The lowest BCUT2D eigenvalue weighted by molar-refractivity contribution is -0.135. The van der Waals surface area contributed by atoms with Crippen molar-refractivity contribution >= 4 is 0 Å². The number of ether oxygens (including phenoxy) is 1. The highest BCUT2D eigenvalue weighted by Gasteiger charge is 2.29. The summed E-state index contributed by atoms with van der Waals surface area (Å²) < 4.78 is 41.6. The molecule has 0 radical (unpaired) electrons. The summed E-state index contributed by atoms with van der Waals surface area (Å²) in [5.41, 5.74) is 0.00205. The lowest BCUT2D eigenvalue weighted by Crippen LogP contribution is -2.55. The van der Waals surface area contributed by atoms with Gasteiger partial charge in [-0.3, -0.25) is 4.90 Å². The molecule has 0 saturated carbocycles. The van der Waals surface area contributed by atoms with E-state index in [1.165, 1.54) is 0 Å². The Bertz CT molecular complexity index is 276. The Morgan fingerprint density at radius 1 is 1.20 bits per heavy atom. The highest BCUT2D eigenvalue weighted by atomic mass is 19.4. The SMILES string of the molecule is CC(CCCC(F)(F)F)NCC(C)(C)N1CCOCC1. The maximum Gasteiger partial charge on any atom is 0.389 e. The Balaban J connectivity index is 2.23. The van der Waals surface area contributed by atoms with Gasteiger partial charge in [0.05, 0.1) is 13.2 Å². The predicted octanol–water partition coefficient (Wildman–Crippen LogP) is 2.81. The second-order valence-corrected chi connectivity index (χ2v) is 6.20. The molecular formula is C14H27F3N2O. The normalized spacial score (nSPS) is 20.1. The number of nitrogens with one attached hydrogen (secondary N) is 1. The Hall–Kier alpha value is -0.330. The fourth-order valence-corrected chi connectivity index (χ4v) is 2.42. The Labute approximate surface area is 119 Å². The zero-order valence-corrected chi connectivity index (χ0v) is 12.7. The van der Waals surface area contributed by atoms with E-state index in [-0.39, 0.29) is 18.0 Å². The quantitative estimate of drug-likeness (QED) is 0.782. The van der Waals surface area contributed by atoms with E-state index in [2.05, 4.69) is 24.1 Å². The number of hydrogen-bond acceptors (Lipinski definition) is 3. The predicted molar refractivity (Wildman–Crippen MR) is 73.8 cm³/mol.